The summed E-state index contributed by atoms with van der Waals surface area (Å²) in [5.41, 5.74) is 3.58. The lowest BCUT2D eigenvalue weighted by molar-refractivity contribution is -0.116. The number of carbonyl (C=O) groups is 1. The molecule has 0 aliphatic carbocycles. The molecule has 0 saturated heterocycles. The van der Waals surface area contributed by atoms with Crippen LogP contribution < -0.4 is 5.32 Å². The third kappa shape index (κ3) is 4.72. The molecule has 0 unspecified atom stereocenters. The van der Waals surface area contributed by atoms with E-state index in [-0.39, 0.29) is 24.2 Å². The van der Waals surface area contributed by atoms with E-state index in [4.69, 9.17) is 4.98 Å². The summed E-state index contributed by atoms with van der Waals surface area (Å²) in [6.45, 7) is 3.93. The first-order valence-electron chi connectivity index (χ1n) is 9.12. The van der Waals surface area contributed by atoms with Crippen LogP contribution in [-0.4, -0.2) is 26.1 Å². The Morgan fingerprint density at radius 3 is 2.29 bits per heavy atom. The average molecular weight is 377 g/mol. The number of nitrogens with one attached hydrogen (secondary N) is 1. The summed E-state index contributed by atoms with van der Waals surface area (Å²) >= 11 is 0. The molecule has 1 amide bonds. The van der Waals surface area contributed by atoms with Crippen LogP contribution in [0.3, 0.4) is 0 Å². The maximum Gasteiger partial charge on any atom is 0.225 e. The number of amides is 1. The van der Waals surface area contributed by atoms with Gasteiger partial charge in [-0.15, -0.1) is 0 Å². The molecule has 1 heterocycles. The Bertz CT molecular complexity index is 952. The lowest BCUT2D eigenvalue weighted by Gasteiger charge is -2.13. The summed E-state index contributed by atoms with van der Waals surface area (Å²) in [6, 6.07) is 14.0. The summed E-state index contributed by atoms with van der Waals surface area (Å²) in [7, 11) is 0. The zero-order valence-corrected chi connectivity index (χ0v) is 15.9. The zero-order valence-electron chi connectivity index (χ0n) is 15.9. The quantitative estimate of drug-likeness (QED) is 0.604. The van der Waals surface area contributed by atoms with Gasteiger partial charge in [0, 0.05) is 17.5 Å². The molecule has 0 radical (unpaired) electrons. The average Bonchev–Trinajstić information content (AvgIpc) is 2.68. The fourth-order valence-electron chi connectivity index (χ4n) is 2.78. The van der Waals surface area contributed by atoms with Crippen molar-refractivity contribution in [3.8, 4) is 28.3 Å². The van der Waals surface area contributed by atoms with E-state index in [2.05, 4.69) is 10.3 Å². The van der Waals surface area contributed by atoms with Gasteiger partial charge in [0.25, 0.3) is 0 Å². The monoisotopic (exact) mass is 377 g/mol. The minimum atomic E-state index is -0.121. The van der Waals surface area contributed by atoms with E-state index in [9.17, 15) is 15.0 Å². The standard InChI is InChI=1S/C22H23N3O3/c1-14(2)11-20(28)25-22-21(17-7-9-18(27)10-8-17)24-19(12-23-22)16-5-3-15(13-26)4-6-16/h3-10,12,14,26-27H,11,13H2,1-2H3,(H,23,25,28). The highest BCUT2D eigenvalue weighted by Gasteiger charge is 2.15. The SMILES string of the molecule is CC(C)CC(=O)Nc1ncc(-c2ccc(CO)cc2)nc1-c1ccc(O)cc1. The van der Waals surface area contributed by atoms with Crippen LogP contribution in [-0.2, 0) is 11.4 Å². The molecule has 0 fully saturated rings. The molecule has 2 aromatic carbocycles. The molecule has 0 spiro atoms. The van der Waals surface area contributed by atoms with Crippen LogP contribution in [0.15, 0.2) is 54.7 Å². The van der Waals surface area contributed by atoms with Crippen molar-refractivity contribution in [2.45, 2.75) is 26.9 Å². The van der Waals surface area contributed by atoms with Gasteiger partial charge in [-0.1, -0.05) is 38.1 Å². The van der Waals surface area contributed by atoms with Crippen molar-refractivity contribution in [1.29, 1.82) is 0 Å². The largest absolute Gasteiger partial charge is 0.508 e. The number of aliphatic hydroxyl groups excluding tert-OH is 1. The molecule has 0 saturated carbocycles. The number of phenols is 1. The van der Waals surface area contributed by atoms with Gasteiger partial charge in [0.15, 0.2) is 5.82 Å². The zero-order chi connectivity index (χ0) is 20.1. The Kier molecular flexibility index (Phi) is 6.01. The van der Waals surface area contributed by atoms with E-state index >= 15 is 0 Å². The Morgan fingerprint density at radius 1 is 1.04 bits per heavy atom. The van der Waals surface area contributed by atoms with Gasteiger partial charge in [0.05, 0.1) is 18.5 Å². The van der Waals surface area contributed by atoms with Crippen LogP contribution in [0.4, 0.5) is 5.82 Å². The van der Waals surface area contributed by atoms with Crippen molar-refractivity contribution in [2.24, 2.45) is 5.92 Å². The minimum absolute atomic E-state index is 0.0223. The molecule has 0 aliphatic rings. The van der Waals surface area contributed by atoms with Crippen LogP contribution in [0.1, 0.15) is 25.8 Å². The van der Waals surface area contributed by atoms with Crippen LogP contribution in [0.25, 0.3) is 22.5 Å². The van der Waals surface area contributed by atoms with E-state index in [0.29, 0.717) is 23.6 Å². The van der Waals surface area contributed by atoms with E-state index in [0.717, 1.165) is 16.7 Å². The topological polar surface area (TPSA) is 95.3 Å². The van der Waals surface area contributed by atoms with Crippen molar-refractivity contribution in [2.75, 3.05) is 5.32 Å². The van der Waals surface area contributed by atoms with Gasteiger partial charge in [-0.2, -0.15) is 0 Å². The lowest BCUT2D eigenvalue weighted by Crippen LogP contribution is -2.16. The van der Waals surface area contributed by atoms with E-state index in [1.807, 2.05) is 38.1 Å². The normalized spacial score (nSPS) is 10.9. The van der Waals surface area contributed by atoms with Gasteiger partial charge in [-0.05, 0) is 35.7 Å². The first-order valence-corrected chi connectivity index (χ1v) is 9.12. The summed E-state index contributed by atoms with van der Waals surface area (Å²) < 4.78 is 0. The summed E-state index contributed by atoms with van der Waals surface area (Å²) in [4.78, 5) is 21.4. The molecule has 0 bridgehead atoms. The Morgan fingerprint density at radius 2 is 1.68 bits per heavy atom. The van der Waals surface area contributed by atoms with Gasteiger partial charge in [-0.3, -0.25) is 4.79 Å². The van der Waals surface area contributed by atoms with Crippen molar-refractivity contribution in [3.63, 3.8) is 0 Å². The molecule has 0 atom stereocenters. The molecular weight excluding hydrogens is 354 g/mol. The number of benzene rings is 2. The third-order valence-corrected chi connectivity index (χ3v) is 4.20. The minimum Gasteiger partial charge on any atom is -0.508 e. The van der Waals surface area contributed by atoms with Crippen molar-refractivity contribution >= 4 is 11.7 Å². The number of phenolic OH excluding ortho intramolecular Hbond substituents is 1. The van der Waals surface area contributed by atoms with Gasteiger partial charge in [0.1, 0.15) is 11.4 Å². The fourth-order valence-corrected chi connectivity index (χ4v) is 2.78. The van der Waals surface area contributed by atoms with E-state index < -0.39 is 0 Å². The highest BCUT2D eigenvalue weighted by atomic mass is 16.3. The summed E-state index contributed by atoms with van der Waals surface area (Å²) in [5, 5.41) is 21.6. The smallest absolute Gasteiger partial charge is 0.225 e. The number of anilines is 1. The number of aromatic hydroxyl groups is 1. The predicted molar refractivity (Wildman–Crippen MR) is 109 cm³/mol. The molecule has 0 aliphatic heterocycles. The van der Waals surface area contributed by atoms with E-state index in [1.54, 1.807) is 30.5 Å². The predicted octanol–water partition coefficient (Wildman–Crippen LogP) is 3.99. The first-order chi connectivity index (χ1) is 13.5. The number of aromatic nitrogens is 2. The van der Waals surface area contributed by atoms with Crippen molar-refractivity contribution in [1.82, 2.24) is 9.97 Å². The molecule has 1 aromatic heterocycles. The van der Waals surface area contributed by atoms with Crippen molar-refractivity contribution in [3.05, 3.63) is 60.3 Å². The molecule has 6 heteroatoms. The molecule has 3 N–H and O–H groups in total. The Labute approximate surface area is 163 Å². The van der Waals surface area contributed by atoms with Gasteiger partial charge < -0.3 is 15.5 Å². The molecule has 144 valence electrons. The highest BCUT2D eigenvalue weighted by molar-refractivity contribution is 5.93. The number of hydrogen-bond acceptors (Lipinski definition) is 5. The van der Waals surface area contributed by atoms with Crippen LogP contribution in [0.2, 0.25) is 0 Å². The summed E-state index contributed by atoms with van der Waals surface area (Å²) in [5.74, 6) is 0.642. The molecular formula is C22H23N3O3. The van der Waals surface area contributed by atoms with Gasteiger partial charge in [0.2, 0.25) is 5.91 Å². The maximum atomic E-state index is 12.2. The lowest BCUT2D eigenvalue weighted by atomic mass is 10.1. The van der Waals surface area contributed by atoms with Crippen molar-refractivity contribution < 1.29 is 15.0 Å². The Hall–Kier alpha value is -3.25. The summed E-state index contributed by atoms with van der Waals surface area (Å²) in [6.07, 6.45) is 2.00. The first kappa shape index (κ1) is 19.5. The number of nitrogens with zero attached hydrogens (tertiary/aromatic N) is 2. The molecule has 6 nitrogen and oxygen atoms in total. The Balaban J connectivity index is 2.01. The fraction of sp³-hybridized carbons (Fsp3) is 0.227. The second-order valence-corrected chi connectivity index (χ2v) is 7.00. The van der Waals surface area contributed by atoms with Crippen LogP contribution in [0, 0.1) is 5.92 Å². The van der Waals surface area contributed by atoms with E-state index in [1.165, 1.54) is 0 Å². The highest BCUT2D eigenvalue weighted by Crippen LogP contribution is 2.29. The maximum absolute atomic E-state index is 12.2. The number of rotatable bonds is 6. The van der Waals surface area contributed by atoms with Crippen LogP contribution >= 0.6 is 0 Å². The molecule has 3 rings (SSSR count). The molecule has 3 aromatic rings. The number of carbonyl (C=O) groups excluding carboxylic acids is 1. The van der Waals surface area contributed by atoms with Gasteiger partial charge >= 0.3 is 0 Å². The second-order valence-electron chi connectivity index (χ2n) is 7.00. The second kappa shape index (κ2) is 8.63. The number of aliphatic hydroxyl groups is 1. The van der Waals surface area contributed by atoms with Crippen LogP contribution in [0.5, 0.6) is 5.75 Å². The molecule has 28 heavy (non-hydrogen) atoms. The third-order valence-electron chi connectivity index (χ3n) is 4.20. The van der Waals surface area contributed by atoms with Gasteiger partial charge in [-0.25, -0.2) is 9.97 Å². The number of hydrogen-bond donors (Lipinski definition) is 3.